The number of rotatable bonds is 5. The molecule has 5 rings (SSSR count). The van der Waals surface area contributed by atoms with Crippen molar-refractivity contribution < 1.29 is 19.1 Å². The summed E-state index contributed by atoms with van der Waals surface area (Å²) in [6, 6.07) is 18.6. The number of benzene rings is 3. The Kier molecular flexibility index (Phi) is 6.06. The molecule has 37 heavy (non-hydrogen) atoms. The van der Waals surface area contributed by atoms with Crippen LogP contribution in [0.5, 0.6) is 5.75 Å². The largest absolute Gasteiger partial charge is 0.497 e. The van der Waals surface area contributed by atoms with E-state index in [0.717, 1.165) is 11.3 Å². The van der Waals surface area contributed by atoms with E-state index in [4.69, 9.17) is 4.74 Å². The summed E-state index contributed by atoms with van der Waals surface area (Å²) in [5, 5.41) is 9.98. The molecule has 1 aliphatic rings. The van der Waals surface area contributed by atoms with Crippen LogP contribution in [-0.4, -0.2) is 49.1 Å². The van der Waals surface area contributed by atoms with Gasteiger partial charge in [0.05, 0.1) is 29.6 Å². The Balaban J connectivity index is 1.31. The number of amides is 3. The molecule has 10 heteroatoms. The van der Waals surface area contributed by atoms with E-state index in [0.29, 0.717) is 45.1 Å². The van der Waals surface area contributed by atoms with E-state index in [1.54, 1.807) is 61.7 Å². The third-order valence-corrected chi connectivity index (χ3v) is 6.10. The fourth-order valence-corrected chi connectivity index (χ4v) is 4.20. The van der Waals surface area contributed by atoms with Crippen LogP contribution < -0.4 is 25.8 Å². The Morgan fingerprint density at radius 3 is 2.32 bits per heavy atom. The molecule has 1 aromatic heterocycles. The second-order valence-corrected chi connectivity index (χ2v) is 8.58. The number of nitrogens with zero attached hydrogens (tertiary/aromatic N) is 2. The van der Waals surface area contributed by atoms with Gasteiger partial charge in [-0.2, -0.15) is 5.10 Å². The van der Waals surface area contributed by atoms with Gasteiger partial charge in [-0.1, -0.05) is 12.1 Å². The summed E-state index contributed by atoms with van der Waals surface area (Å²) in [6.45, 7) is 0. The third kappa shape index (κ3) is 4.36. The first-order valence-corrected chi connectivity index (χ1v) is 11.4. The molecule has 0 spiro atoms. The minimum absolute atomic E-state index is 0.259. The number of carbonyl (C=O) groups is 3. The topological polar surface area (TPSA) is 128 Å². The number of carbonyl (C=O) groups excluding carboxylic acids is 3. The van der Waals surface area contributed by atoms with E-state index in [1.165, 1.54) is 0 Å². The summed E-state index contributed by atoms with van der Waals surface area (Å²) in [5.74, 6) is -0.0359. The number of ether oxygens (including phenoxy) is 1. The number of hydrogen-bond donors (Lipinski definition) is 4. The first-order valence-electron chi connectivity index (χ1n) is 11.4. The number of aromatic nitrogens is 2. The molecule has 1 heterocycles. The average molecular weight is 497 g/mol. The fourth-order valence-electron chi connectivity index (χ4n) is 4.20. The number of ketones is 1. The van der Waals surface area contributed by atoms with E-state index in [1.807, 2.05) is 31.1 Å². The van der Waals surface area contributed by atoms with Crippen molar-refractivity contribution in [3.05, 3.63) is 83.4 Å². The van der Waals surface area contributed by atoms with E-state index in [-0.39, 0.29) is 5.78 Å². The van der Waals surface area contributed by atoms with Gasteiger partial charge in [0.2, 0.25) is 0 Å². The van der Waals surface area contributed by atoms with Gasteiger partial charge in [0.1, 0.15) is 11.4 Å². The quantitative estimate of drug-likeness (QED) is 0.274. The van der Waals surface area contributed by atoms with Crippen LogP contribution in [0.1, 0.15) is 26.3 Å². The Labute approximate surface area is 212 Å². The number of methoxy groups -OCH3 is 1. The maximum absolute atomic E-state index is 13.5. The Bertz CT molecular complexity index is 1510. The molecule has 1 aliphatic carbocycles. The summed E-state index contributed by atoms with van der Waals surface area (Å²) in [4.78, 5) is 40.4. The summed E-state index contributed by atoms with van der Waals surface area (Å²) in [7, 11) is 5.39. The van der Waals surface area contributed by atoms with Gasteiger partial charge in [-0.15, -0.1) is 0 Å². The average Bonchev–Trinajstić information content (AvgIpc) is 3.47. The van der Waals surface area contributed by atoms with Gasteiger partial charge in [-0.05, 0) is 54.6 Å². The molecule has 10 nitrogen and oxygen atoms in total. The van der Waals surface area contributed by atoms with E-state index in [9.17, 15) is 14.4 Å². The molecule has 0 bridgehead atoms. The standard InChI is InChI=1S/C27H24N6O4/c1-33(2)17-11-7-16(8-12-17)26(35)31-32-27(36)28-20-6-4-5-19-21(20)25(34)22-23(29-30-24(19)22)15-9-13-18(37-3)14-10-15/h4-14H,1-3H3,(H,29,30)(H,31,35)(H2,28,32,36). The van der Waals surface area contributed by atoms with Gasteiger partial charge in [0, 0.05) is 36.5 Å². The predicted molar refractivity (Wildman–Crippen MR) is 140 cm³/mol. The van der Waals surface area contributed by atoms with Gasteiger partial charge >= 0.3 is 6.03 Å². The molecular weight excluding hydrogens is 472 g/mol. The SMILES string of the molecule is COc1ccc(-c2n[nH]c3c2C(=O)c2c(NC(=O)NNC(=O)c4ccc(N(C)C)cc4)cccc2-3)cc1. The highest BCUT2D eigenvalue weighted by molar-refractivity contribution is 6.27. The number of fused-ring (bicyclic) bond motifs is 3. The van der Waals surface area contributed by atoms with Gasteiger partial charge < -0.3 is 15.0 Å². The number of H-pyrrole nitrogens is 1. The van der Waals surface area contributed by atoms with Gasteiger partial charge in [-0.25, -0.2) is 10.2 Å². The lowest BCUT2D eigenvalue weighted by molar-refractivity contribution is 0.0937. The van der Waals surface area contributed by atoms with Crippen LogP contribution in [0, 0.1) is 0 Å². The minimum Gasteiger partial charge on any atom is -0.497 e. The van der Waals surface area contributed by atoms with Crippen molar-refractivity contribution >= 4 is 29.1 Å². The van der Waals surface area contributed by atoms with Gasteiger partial charge in [0.15, 0.2) is 5.78 Å². The normalized spacial score (nSPS) is 11.4. The molecule has 0 fully saturated rings. The highest BCUT2D eigenvalue weighted by Crippen LogP contribution is 2.43. The van der Waals surface area contributed by atoms with E-state index in [2.05, 4.69) is 26.4 Å². The van der Waals surface area contributed by atoms with E-state index >= 15 is 0 Å². The number of nitrogens with one attached hydrogen (secondary N) is 4. The summed E-state index contributed by atoms with van der Waals surface area (Å²) >= 11 is 0. The second kappa shape index (κ2) is 9.50. The lowest BCUT2D eigenvalue weighted by atomic mass is 10.0. The van der Waals surface area contributed by atoms with Crippen LogP contribution in [0.2, 0.25) is 0 Å². The third-order valence-electron chi connectivity index (χ3n) is 6.10. The van der Waals surface area contributed by atoms with Crippen molar-refractivity contribution in [1.82, 2.24) is 21.0 Å². The number of urea groups is 1. The number of anilines is 2. The van der Waals surface area contributed by atoms with Gasteiger partial charge in [-0.3, -0.25) is 20.1 Å². The molecule has 0 saturated carbocycles. The molecule has 0 radical (unpaired) electrons. The van der Waals surface area contributed by atoms with Crippen molar-refractivity contribution in [3.63, 3.8) is 0 Å². The van der Waals surface area contributed by atoms with Crippen LogP contribution in [-0.2, 0) is 0 Å². The zero-order chi connectivity index (χ0) is 26.1. The van der Waals surface area contributed by atoms with Crippen LogP contribution >= 0.6 is 0 Å². The minimum atomic E-state index is -0.691. The lowest BCUT2D eigenvalue weighted by Gasteiger charge is -2.13. The highest BCUT2D eigenvalue weighted by atomic mass is 16.5. The molecule has 0 saturated heterocycles. The predicted octanol–water partition coefficient (Wildman–Crippen LogP) is 3.83. The number of hydrogen-bond acceptors (Lipinski definition) is 6. The molecule has 0 aliphatic heterocycles. The van der Waals surface area contributed by atoms with Crippen LogP contribution in [0.3, 0.4) is 0 Å². The fraction of sp³-hybridized carbons (Fsp3) is 0.111. The smallest absolute Gasteiger partial charge is 0.337 e. The first kappa shape index (κ1) is 23.6. The van der Waals surface area contributed by atoms with Crippen molar-refractivity contribution in [1.29, 1.82) is 0 Å². The van der Waals surface area contributed by atoms with Crippen LogP contribution in [0.15, 0.2) is 66.7 Å². The Hall–Kier alpha value is -5.12. The summed E-state index contributed by atoms with van der Waals surface area (Å²) in [6.07, 6.45) is 0. The van der Waals surface area contributed by atoms with Gasteiger partial charge in [0.25, 0.3) is 5.91 Å². The van der Waals surface area contributed by atoms with Crippen LogP contribution in [0.4, 0.5) is 16.2 Å². The Morgan fingerprint density at radius 2 is 1.65 bits per heavy atom. The first-order chi connectivity index (χ1) is 17.9. The Morgan fingerprint density at radius 1 is 0.919 bits per heavy atom. The molecule has 0 atom stereocenters. The monoisotopic (exact) mass is 496 g/mol. The number of aromatic amines is 1. The van der Waals surface area contributed by atoms with Crippen molar-refractivity contribution in [2.24, 2.45) is 0 Å². The molecule has 0 unspecified atom stereocenters. The lowest BCUT2D eigenvalue weighted by Crippen LogP contribution is -2.44. The molecule has 4 aromatic rings. The molecule has 3 amide bonds. The summed E-state index contributed by atoms with van der Waals surface area (Å²) < 4.78 is 5.21. The maximum Gasteiger partial charge on any atom is 0.337 e. The molecule has 3 aromatic carbocycles. The molecule has 4 N–H and O–H groups in total. The van der Waals surface area contributed by atoms with Crippen molar-refractivity contribution in [2.75, 3.05) is 31.4 Å². The summed E-state index contributed by atoms with van der Waals surface area (Å²) in [5.41, 5.74) is 9.63. The van der Waals surface area contributed by atoms with E-state index < -0.39 is 11.9 Å². The zero-order valence-corrected chi connectivity index (χ0v) is 20.4. The molecule has 186 valence electrons. The van der Waals surface area contributed by atoms with Crippen molar-refractivity contribution in [3.8, 4) is 28.3 Å². The highest BCUT2D eigenvalue weighted by Gasteiger charge is 2.35. The van der Waals surface area contributed by atoms with Crippen molar-refractivity contribution in [2.45, 2.75) is 0 Å². The van der Waals surface area contributed by atoms with Crippen LogP contribution in [0.25, 0.3) is 22.5 Å². The molecular formula is C27H24N6O4. The second-order valence-electron chi connectivity index (χ2n) is 8.58. The zero-order valence-electron chi connectivity index (χ0n) is 20.4. The number of hydrazine groups is 1. The maximum atomic E-state index is 13.5.